The lowest BCUT2D eigenvalue weighted by Crippen LogP contribution is -2.39. The van der Waals surface area contributed by atoms with Gasteiger partial charge in [0, 0.05) is 46.6 Å². The van der Waals surface area contributed by atoms with E-state index < -0.39 is 18.1 Å². The van der Waals surface area contributed by atoms with Crippen LogP contribution in [-0.2, 0) is 130 Å². The van der Waals surface area contributed by atoms with E-state index in [2.05, 4.69) is 15.6 Å². The molecule has 97 heavy (non-hydrogen) atoms. The summed E-state index contributed by atoms with van der Waals surface area (Å²) < 4.78 is 126. The number of likely N-dealkylation sites (N-methyl/N-ethyl adjacent to an activating group) is 1. The number of ether oxygens (including phenoxy) is 23. The Bertz CT molecular complexity index is 2080. The van der Waals surface area contributed by atoms with Crippen LogP contribution in [0.3, 0.4) is 0 Å². The summed E-state index contributed by atoms with van der Waals surface area (Å²) in [5, 5.41) is 6.08. The Morgan fingerprint density at radius 2 is 0.742 bits per heavy atom. The van der Waals surface area contributed by atoms with Crippen molar-refractivity contribution in [1.29, 1.82) is 0 Å². The smallest absolute Gasteiger partial charge is 0.306 e. The molecular formula is C66H116N4O26S. The summed E-state index contributed by atoms with van der Waals surface area (Å²) in [4.78, 5) is 44.9. The van der Waals surface area contributed by atoms with Crippen LogP contribution in [0.4, 0.5) is 0 Å². The molecule has 562 valence electrons. The summed E-state index contributed by atoms with van der Waals surface area (Å²) in [7, 11) is 3.31. The highest BCUT2D eigenvalue weighted by atomic mass is 32.1. The first-order chi connectivity index (χ1) is 47.9. The molecule has 1 aliphatic heterocycles. The number of hydrogen-bond donors (Lipinski definition) is 2. The summed E-state index contributed by atoms with van der Waals surface area (Å²) in [6, 6.07) is 7.57. The molecule has 2 atom stereocenters. The highest BCUT2D eigenvalue weighted by Gasteiger charge is 2.32. The Morgan fingerprint density at radius 1 is 0.443 bits per heavy atom. The van der Waals surface area contributed by atoms with Gasteiger partial charge in [0.1, 0.15) is 6.10 Å². The van der Waals surface area contributed by atoms with Crippen molar-refractivity contribution < 1.29 is 123 Å². The molecule has 30 nitrogen and oxygen atoms in total. The molecule has 1 aliphatic rings. The number of hydrogen-bond acceptors (Lipinski definition) is 29. The molecule has 3 rings (SSSR count). The van der Waals surface area contributed by atoms with Crippen LogP contribution in [0, 0.1) is 6.92 Å². The van der Waals surface area contributed by atoms with Crippen LogP contribution in [-0.4, -0.2) is 351 Å². The van der Waals surface area contributed by atoms with Crippen LogP contribution in [0.5, 0.6) is 0 Å². The number of thiazole rings is 1. The second kappa shape index (κ2) is 66.9. The van der Waals surface area contributed by atoms with E-state index in [1.54, 1.807) is 25.5 Å². The van der Waals surface area contributed by atoms with Gasteiger partial charge in [-0.05, 0) is 18.1 Å². The first kappa shape index (κ1) is 87.6. The number of carbonyl (C=O) groups excluding carboxylic acids is 3. The van der Waals surface area contributed by atoms with Crippen molar-refractivity contribution in [3.63, 3.8) is 0 Å². The molecule has 0 bridgehead atoms. The summed E-state index contributed by atoms with van der Waals surface area (Å²) in [5.74, 6) is -0.814. The summed E-state index contributed by atoms with van der Waals surface area (Å²) in [5.41, 5.74) is 4.90. The maximum absolute atomic E-state index is 12.8. The quantitative estimate of drug-likeness (QED) is 0.0709. The van der Waals surface area contributed by atoms with Crippen molar-refractivity contribution in [2.45, 2.75) is 44.9 Å². The van der Waals surface area contributed by atoms with E-state index in [0.717, 1.165) is 21.7 Å². The topological polar surface area (TPSA) is 304 Å². The third-order valence-corrected chi connectivity index (χ3v) is 14.5. The van der Waals surface area contributed by atoms with Crippen molar-refractivity contribution in [2.24, 2.45) is 0 Å². The number of amides is 2. The molecule has 31 heteroatoms. The van der Waals surface area contributed by atoms with Crippen LogP contribution < -0.4 is 10.6 Å². The largest absolute Gasteiger partial charge is 0.461 e. The zero-order valence-electron chi connectivity index (χ0n) is 58.1. The molecular weight excluding hydrogens is 1300 g/mol. The van der Waals surface area contributed by atoms with Gasteiger partial charge in [0.15, 0.2) is 0 Å². The molecule has 2 heterocycles. The van der Waals surface area contributed by atoms with Gasteiger partial charge in [-0.3, -0.25) is 14.4 Å². The summed E-state index contributed by atoms with van der Waals surface area (Å²) >= 11 is 1.60. The molecule has 1 fully saturated rings. The minimum atomic E-state index is -0.472. The van der Waals surface area contributed by atoms with E-state index in [0.29, 0.717) is 310 Å². The van der Waals surface area contributed by atoms with E-state index in [1.807, 2.05) is 36.7 Å². The maximum Gasteiger partial charge on any atom is 0.306 e. The fraction of sp³-hybridized carbons (Fsp3) is 0.818. The summed E-state index contributed by atoms with van der Waals surface area (Å²) in [6.45, 7) is 23.6. The molecule has 2 unspecified atom stereocenters. The zero-order valence-corrected chi connectivity index (χ0v) is 58.9. The van der Waals surface area contributed by atoms with Crippen LogP contribution in [0.2, 0.25) is 0 Å². The molecule has 0 spiro atoms. The van der Waals surface area contributed by atoms with Gasteiger partial charge >= 0.3 is 5.97 Å². The Morgan fingerprint density at radius 3 is 1.03 bits per heavy atom. The Kier molecular flexibility index (Phi) is 60.4. The van der Waals surface area contributed by atoms with Gasteiger partial charge in [-0.2, -0.15) is 0 Å². The van der Waals surface area contributed by atoms with Crippen molar-refractivity contribution >= 4 is 29.1 Å². The average Bonchev–Trinajstić information content (AvgIpc) is 1.94. The monoisotopic (exact) mass is 1410 g/mol. The first-order valence-corrected chi connectivity index (χ1v) is 34.8. The minimum Gasteiger partial charge on any atom is -0.461 e. The number of aryl methyl sites for hydroxylation is 1. The number of benzene rings is 1. The van der Waals surface area contributed by atoms with Crippen LogP contribution in [0.1, 0.15) is 30.5 Å². The van der Waals surface area contributed by atoms with Gasteiger partial charge in [-0.25, -0.2) is 4.98 Å². The highest BCUT2D eigenvalue weighted by Crippen LogP contribution is 2.27. The number of rotatable bonds is 74. The Balaban J connectivity index is 0.886. The molecule has 0 saturated carbocycles. The predicted octanol–water partition coefficient (Wildman–Crippen LogP) is 2.24. The van der Waals surface area contributed by atoms with Gasteiger partial charge in [0.25, 0.3) is 0 Å². The van der Waals surface area contributed by atoms with Gasteiger partial charge in [0.05, 0.1) is 313 Å². The van der Waals surface area contributed by atoms with E-state index in [1.165, 1.54) is 4.90 Å². The van der Waals surface area contributed by atoms with E-state index >= 15 is 0 Å². The number of carbonyl (C=O) groups is 3. The fourth-order valence-corrected chi connectivity index (χ4v) is 9.08. The van der Waals surface area contributed by atoms with Crippen molar-refractivity contribution in [1.82, 2.24) is 20.5 Å². The number of esters is 1. The lowest BCUT2D eigenvalue weighted by atomic mass is 10.1. The molecule has 1 aromatic carbocycles. The third-order valence-electron chi connectivity index (χ3n) is 13.5. The standard InChI is InChI=1S/C66H116N4O26S/c1-58-65(97-57-69-58)60-6-4-59(5-7-60)55-68-66(73)62-54-61(56-67-62)96-64(72)9-8-63(71)70(2)10-11-75-14-15-77-18-19-79-22-23-81-26-27-83-30-31-85-34-35-87-38-39-89-42-43-91-46-47-93-50-51-95-53-52-94-49-48-92-45-44-90-41-40-88-37-36-86-33-32-84-29-28-82-25-24-80-21-20-78-17-16-76-13-12-74-3/h4-7,57,61-62,67H,8-56H2,1-3H3,(H,68,73). The molecule has 1 saturated heterocycles. The van der Waals surface area contributed by atoms with Crippen LogP contribution in [0.15, 0.2) is 29.8 Å². The fourth-order valence-electron chi connectivity index (χ4n) is 8.27. The molecule has 2 N–H and O–H groups in total. The molecule has 2 amide bonds. The van der Waals surface area contributed by atoms with Crippen molar-refractivity contribution in [3.05, 3.63) is 41.0 Å². The van der Waals surface area contributed by atoms with Gasteiger partial charge < -0.3 is 124 Å². The van der Waals surface area contributed by atoms with E-state index in [-0.39, 0.29) is 24.7 Å². The lowest BCUT2D eigenvalue weighted by molar-refractivity contribution is -0.150. The number of nitrogens with one attached hydrogen (secondary N) is 2. The van der Waals surface area contributed by atoms with Gasteiger partial charge in [0.2, 0.25) is 11.8 Å². The first-order valence-electron chi connectivity index (χ1n) is 33.9. The Labute approximate surface area is 578 Å². The van der Waals surface area contributed by atoms with E-state index in [4.69, 9.17) is 109 Å². The molecule has 2 aromatic rings. The Hall–Kier alpha value is -3.66. The van der Waals surface area contributed by atoms with E-state index in [9.17, 15) is 14.4 Å². The van der Waals surface area contributed by atoms with Crippen molar-refractivity contribution in [2.75, 3.05) is 311 Å². The van der Waals surface area contributed by atoms with Gasteiger partial charge in [-0.1, -0.05) is 24.3 Å². The molecule has 0 aliphatic carbocycles. The van der Waals surface area contributed by atoms with Gasteiger partial charge in [-0.15, -0.1) is 11.3 Å². The summed E-state index contributed by atoms with van der Waals surface area (Å²) in [6.07, 6.45) is -0.102. The number of methoxy groups -OCH3 is 1. The number of aromatic nitrogens is 1. The second-order valence-corrected chi connectivity index (χ2v) is 22.0. The van der Waals surface area contributed by atoms with Crippen LogP contribution >= 0.6 is 11.3 Å². The molecule has 1 aromatic heterocycles. The van der Waals surface area contributed by atoms with Crippen molar-refractivity contribution in [3.8, 4) is 10.4 Å². The molecule has 0 radical (unpaired) electrons. The minimum absolute atomic E-state index is 0.0196. The number of nitrogens with zero attached hydrogens (tertiary/aromatic N) is 2. The zero-order chi connectivity index (χ0) is 69.0. The maximum atomic E-state index is 12.8. The predicted molar refractivity (Wildman–Crippen MR) is 356 cm³/mol. The normalized spacial score (nSPS) is 13.9. The lowest BCUT2D eigenvalue weighted by Gasteiger charge is -2.17. The highest BCUT2D eigenvalue weighted by molar-refractivity contribution is 7.13. The SMILES string of the molecule is COCCOCCOCCOCCOCCOCCOCCOCCOCCOCCOCCOCCOCCOCCOCCOCCOCCOCCOCCOCCOCCOCCN(C)C(=O)CCC(=O)OC1CNC(C(=O)NCc2ccc(-c3scnc3C)cc2)C1. The average molecular weight is 1410 g/mol. The van der Waals surface area contributed by atoms with Crippen LogP contribution in [0.25, 0.3) is 10.4 Å². The third kappa shape index (κ3) is 53.8. The second-order valence-electron chi connectivity index (χ2n) is 21.2.